The van der Waals surface area contributed by atoms with Crippen molar-refractivity contribution < 1.29 is 9.18 Å². The molecule has 4 heteroatoms. The molecule has 0 saturated heterocycles. The topological polar surface area (TPSA) is 44.9 Å². The molecule has 2 rings (SSSR count). The minimum Gasteiger partial charge on any atom is -0.354 e. The molecular weight excluding hydrogens is 183 g/mol. The molecule has 0 aliphatic carbocycles. The number of carbonyl (C=O) groups excluding carboxylic acids is 1. The van der Waals surface area contributed by atoms with Gasteiger partial charge in [0, 0.05) is 18.0 Å². The van der Waals surface area contributed by atoms with Crippen LogP contribution < -0.4 is 5.32 Å². The van der Waals surface area contributed by atoms with E-state index < -0.39 is 0 Å². The molecule has 0 aliphatic rings. The highest BCUT2D eigenvalue weighted by molar-refractivity contribution is 5.97. The fraction of sp³-hybridized carbons (Fsp3) is 0.100. The summed E-state index contributed by atoms with van der Waals surface area (Å²) in [6.45, 7) is 0. The maximum Gasteiger partial charge on any atom is 0.267 e. The highest BCUT2D eigenvalue weighted by Crippen LogP contribution is 2.16. The zero-order valence-corrected chi connectivity index (χ0v) is 7.60. The van der Waals surface area contributed by atoms with Crippen molar-refractivity contribution >= 4 is 16.8 Å². The lowest BCUT2D eigenvalue weighted by molar-refractivity contribution is 0.0959. The first-order valence-electron chi connectivity index (χ1n) is 4.21. The molecule has 1 aromatic carbocycles. The van der Waals surface area contributed by atoms with E-state index >= 15 is 0 Å². The molecule has 2 aromatic rings. The third-order valence-corrected chi connectivity index (χ3v) is 2.06. The molecule has 0 atom stereocenters. The van der Waals surface area contributed by atoms with E-state index in [1.807, 2.05) is 0 Å². The molecule has 1 aromatic heterocycles. The van der Waals surface area contributed by atoms with Gasteiger partial charge in [-0.15, -0.1) is 0 Å². The first kappa shape index (κ1) is 8.74. The first-order valence-corrected chi connectivity index (χ1v) is 4.21. The number of rotatable bonds is 1. The van der Waals surface area contributed by atoms with E-state index in [2.05, 4.69) is 10.3 Å². The van der Waals surface area contributed by atoms with E-state index in [0.29, 0.717) is 11.2 Å². The Morgan fingerprint density at radius 2 is 2.21 bits per heavy atom. The number of hydrogen-bond acceptors (Lipinski definition) is 1. The Bertz CT molecular complexity index is 490. The molecule has 14 heavy (non-hydrogen) atoms. The van der Waals surface area contributed by atoms with Crippen molar-refractivity contribution in [3.63, 3.8) is 0 Å². The molecule has 0 radical (unpaired) electrons. The number of aromatic nitrogens is 1. The molecule has 1 heterocycles. The van der Waals surface area contributed by atoms with Gasteiger partial charge in [-0.2, -0.15) is 0 Å². The molecule has 72 valence electrons. The monoisotopic (exact) mass is 192 g/mol. The summed E-state index contributed by atoms with van der Waals surface area (Å²) >= 11 is 0. The van der Waals surface area contributed by atoms with Gasteiger partial charge >= 0.3 is 0 Å². The van der Waals surface area contributed by atoms with E-state index in [4.69, 9.17) is 0 Å². The predicted octanol–water partition coefficient (Wildman–Crippen LogP) is 1.67. The van der Waals surface area contributed by atoms with Crippen LogP contribution in [-0.2, 0) is 0 Å². The van der Waals surface area contributed by atoms with Gasteiger partial charge in [-0.25, -0.2) is 4.39 Å². The van der Waals surface area contributed by atoms with E-state index in [-0.39, 0.29) is 11.7 Å². The van der Waals surface area contributed by atoms with Crippen molar-refractivity contribution in [2.45, 2.75) is 0 Å². The number of hydrogen-bond donors (Lipinski definition) is 2. The third-order valence-electron chi connectivity index (χ3n) is 2.06. The van der Waals surface area contributed by atoms with E-state index in [0.717, 1.165) is 5.39 Å². The Morgan fingerprint density at radius 3 is 2.93 bits per heavy atom. The van der Waals surface area contributed by atoms with Crippen molar-refractivity contribution in [1.29, 1.82) is 0 Å². The summed E-state index contributed by atoms with van der Waals surface area (Å²) in [4.78, 5) is 14.1. The fourth-order valence-electron chi connectivity index (χ4n) is 1.36. The SMILES string of the molecule is CNC(=O)c1cc2ccc(F)cc2[nH]1. The Hall–Kier alpha value is -1.84. The van der Waals surface area contributed by atoms with Crippen LogP contribution in [0.5, 0.6) is 0 Å². The molecular formula is C10H9FN2O. The number of benzene rings is 1. The van der Waals surface area contributed by atoms with Crippen LogP contribution in [0.2, 0.25) is 0 Å². The van der Waals surface area contributed by atoms with Crippen molar-refractivity contribution in [3.05, 3.63) is 35.8 Å². The second-order valence-corrected chi connectivity index (χ2v) is 2.99. The summed E-state index contributed by atoms with van der Waals surface area (Å²) in [5.74, 6) is -0.524. The Labute approximate surface area is 79.9 Å². The number of amides is 1. The first-order chi connectivity index (χ1) is 6.70. The van der Waals surface area contributed by atoms with Gasteiger partial charge in [0.25, 0.3) is 5.91 Å². The normalized spacial score (nSPS) is 10.4. The standard InChI is InChI=1S/C10H9FN2O/c1-12-10(14)9-4-6-2-3-7(11)5-8(6)13-9/h2-5,13H,1H3,(H,12,14). The largest absolute Gasteiger partial charge is 0.354 e. The van der Waals surface area contributed by atoms with Gasteiger partial charge in [0.05, 0.1) is 0 Å². The zero-order valence-electron chi connectivity index (χ0n) is 7.60. The van der Waals surface area contributed by atoms with Gasteiger partial charge < -0.3 is 10.3 Å². The van der Waals surface area contributed by atoms with E-state index in [1.54, 1.807) is 19.2 Å². The summed E-state index contributed by atoms with van der Waals surface area (Å²) in [6, 6.07) is 6.05. The second-order valence-electron chi connectivity index (χ2n) is 2.99. The Balaban J connectivity index is 2.56. The van der Waals surface area contributed by atoms with Crippen LogP contribution in [0.4, 0.5) is 4.39 Å². The molecule has 0 fully saturated rings. The molecule has 0 aliphatic heterocycles. The summed E-state index contributed by atoms with van der Waals surface area (Å²) in [6.07, 6.45) is 0. The number of aromatic amines is 1. The summed E-state index contributed by atoms with van der Waals surface area (Å²) < 4.78 is 12.8. The van der Waals surface area contributed by atoms with Crippen molar-refractivity contribution in [2.75, 3.05) is 7.05 Å². The lowest BCUT2D eigenvalue weighted by Gasteiger charge is -1.92. The van der Waals surface area contributed by atoms with E-state index in [1.165, 1.54) is 12.1 Å². The maximum atomic E-state index is 12.8. The number of halogens is 1. The van der Waals surface area contributed by atoms with Gasteiger partial charge in [0.15, 0.2) is 0 Å². The van der Waals surface area contributed by atoms with Crippen LogP contribution in [0.25, 0.3) is 10.9 Å². The average Bonchev–Trinajstić information content (AvgIpc) is 2.59. The smallest absolute Gasteiger partial charge is 0.267 e. The minimum atomic E-state index is -0.317. The average molecular weight is 192 g/mol. The van der Waals surface area contributed by atoms with Gasteiger partial charge in [-0.05, 0) is 24.3 Å². The van der Waals surface area contributed by atoms with Crippen LogP contribution in [0, 0.1) is 5.82 Å². The number of fused-ring (bicyclic) bond motifs is 1. The third kappa shape index (κ3) is 1.35. The maximum absolute atomic E-state index is 12.8. The van der Waals surface area contributed by atoms with Crippen LogP contribution in [-0.4, -0.2) is 17.9 Å². The van der Waals surface area contributed by atoms with Gasteiger partial charge in [0.1, 0.15) is 11.5 Å². The Kier molecular flexibility index (Phi) is 1.96. The quantitative estimate of drug-likeness (QED) is 0.709. The highest BCUT2D eigenvalue weighted by atomic mass is 19.1. The molecule has 0 saturated carbocycles. The lowest BCUT2D eigenvalue weighted by atomic mass is 10.2. The molecule has 0 spiro atoms. The lowest BCUT2D eigenvalue weighted by Crippen LogP contribution is -2.17. The summed E-state index contributed by atoms with van der Waals surface area (Å²) in [7, 11) is 1.55. The molecule has 0 bridgehead atoms. The van der Waals surface area contributed by atoms with Crippen LogP contribution >= 0.6 is 0 Å². The summed E-state index contributed by atoms with van der Waals surface area (Å²) in [5.41, 5.74) is 1.07. The zero-order chi connectivity index (χ0) is 10.1. The van der Waals surface area contributed by atoms with Gasteiger partial charge in [-0.1, -0.05) is 0 Å². The van der Waals surface area contributed by atoms with Gasteiger partial charge in [-0.3, -0.25) is 4.79 Å². The molecule has 2 N–H and O–H groups in total. The molecule has 1 amide bonds. The molecule has 3 nitrogen and oxygen atoms in total. The summed E-state index contributed by atoms with van der Waals surface area (Å²) in [5, 5.41) is 3.32. The van der Waals surface area contributed by atoms with Crippen LogP contribution in [0.3, 0.4) is 0 Å². The highest BCUT2D eigenvalue weighted by Gasteiger charge is 2.07. The van der Waals surface area contributed by atoms with Gasteiger partial charge in [0.2, 0.25) is 0 Å². The van der Waals surface area contributed by atoms with Crippen molar-refractivity contribution in [2.24, 2.45) is 0 Å². The second kappa shape index (κ2) is 3.14. The fourth-order valence-corrected chi connectivity index (χ4v) is 1.36. The Morgan fingerprint density at radius 1 is 1.43 bits per heavy atom. The van der Waals surface area contributed by atoms with E-state index in [9.17, 15) is 9.18 Å². The van der Waals surface area contributed by atoms with Crippen molar-refractivity contribution in [3.8, 4) is 0 Å². The predicted molar refractivity (Wildman–Crippen MR) is 51.6 cm³/mol. The van der Waals surface area contributed by atoms with Crippen LogP contribution in [0.1, 0.15) is 10.5 Å². The minimum absolute atomic E-state index is 0.207. The number of carbonyl (C=O) groups is 1. The van der Waals surface area contributed by atoms with Crippen molar-refractivity contribution in [1.82, 2.24) is 10.3 Å². The number of nitrogens with one attached hydrogen (secondary N) is 2. The molecule has 0 unspecified atom stereocenters. The van der Waals surface area contributed by atoms with Crippen LogP contribution in [0.15, 0.2) is 24.3 Å². The number of H-pyrrole nitrogens is 1.